The summed E-state index contributed by atoms with van der Waals surface area (Å²) >= 11 is 6.11. The number of rotatable bonds is 6. The van der Waals surface area contributed by atoms with Crippen LogP contribution >= 0.6 is 11.6 Å². The molecule has 1 fully saturated rings. The topological polar surface area (TPSA) is 44.7 Å². The lowest BCUT2D eigenvalue weighted by atomic mass is 10.0. The third-order valence-electron chi connectivity index (χ3n) is 3.65. The fraction of sp³-hybridized carbons (Fsp3) is 0.600. The van der Waals surface area contributed by atoms with E-state index in [0.717, 1.165) is 44.0 Å². The van der Waals surface area contributed by atoms with Crippen LogP contribution in [-0.2, 0) is 11.3 Å². The Bertz CT molecular complexity index is 420. The summed E-state index contributed by atoms with van der Waals surface area (Å²) in [5.74, 6) is 0. The van der Waals surface area contributed by atoms with Crippen molar-refractivity contribution < 1.29 is 9.84 Å². The van der Waals surface area contributed by atoms with Crippen molar-refractivity contribution in [2.75, 3.05) is 38.3 Å². The van der Waals surface area contributed by atoms with Crippen molar-refractivity contribution in [3.05, 3.63) is 28.8 Å². The molecule has 0 atom stereocenters. The minimum absolute atomic E-state index is 0.151. The first kappa shape index (κ1) is 15.6. The summed E-state index contributed by atoms with van der Waals surface area (Å²) in [6.07, 6.45) is 1.51. The summed E-state index contributed by atoms with van der Waals surface area (Å²) in [6.45, 7) is 4.09. The third-order valence-corrected chi connectivity index (χ3v) is 3.88. The first-order chi connectivity index (χ1) is 9.70. The lowest BCUT2D eigenvalue weighted by molar-refractivity contribution is 0.145. The Morgan fingerprint density at radius 2 is 2.15 bits per heavy atom. The molecule has 4 nitrogen and oxygen atoms in total. The number of ether oxygens (including phenoxy) is 1. The van der Waals surface area contributed by atoms with E-state index in [2.05, 4.69) is 16.3 Å². The smallest absolute Gasteiger partial charge is 0.0587 e. The van der Waals surface area contributed by atoms with Crippen LogP contribution in [0.4, 0.5) is 5.69 Å². The molecule has 1 aromatic rings. The molecule has 5 heteroatoms. The van der Waals surface area contributed by atoms with Gasteiger partial charge in [-0.1, -0.05) is 11.6 Å². The van der Waals surface area contributed by atoms with Crippen LogP contribution < -0.4 is 10.2 Å². The molecule has 20 heavy (non-hydrogen) atoms. The highest BCUT2D eigenvalue weighted by Gasteiger charge is 2.19. The van der Waals surface area contributed by atoms with Crippen molar-refractivity contribution >= 4 is 17.3 Å². The van der Waals surface area contributed by atoms with E-state index in [0.29, 0.717) is 6.61 Å². The van der Waals surface area contributed by atoms with Crippen LogP contribution in [0.15, 0.2) is 18.2 Å². The molecule has 0 aromatic heterocycles. The van der Waals surface area contributed by atoms with E-state index in [-0.39, 0.29) is 6.10 Å². The van der Waals surface area contributed by atoms with Crippen LogP contribution in [0.25, 0.3) is 0 Å². The molecule has 0 amide bonds. The van der Waals surface area contributed by atoms with Gasteiger partial charge in [-0.15, -0.1) is 0 Å². The summed E-state index contributed by atoms with van der Waals surface area (Å²) in [4.78, 5) is 2.33. The molecule has 0 spiro atoms. The Balaban J connectivity index is 2.03. The Morgan fingerprint density at radius 3 is 2.85 bits per heavy atom. The predicted octanol–water partition coefficient (Wildman–Crippen LogP) is 2.04. The lowest BCUT2D eigenvalue weighted by Crippen LogP contribution is -2.36. The number of benzene rings is 1. The van der Waals surface area contributed by atoms with Gasteiger partial charge in [-0.05, 0) is 36.6 Å². The molecular formula is C15H23ClN2O2. The van der Waals surface area contributed by atoms with Crippen molar-refractivity contribution in [1.82, 2.24) is 5.32 Å². The molecule has 1 aliphatic heterocycles. The third kappa shape index (κ3) is 4.35. The fourth-order valence-electron chi connectivity index (χ4n) is 2.51. The fourth-order valence-corrected chi connectivity index (χ4v) is 2.70. The average Bonchev–Trinajstić information content (AvgIpc) is 2.45. The molecule has 1 aromatic carbocycles. The second-order valence-electron chi connectivity index (χ2n) is 5.16. The molecule has 2 rings (SSSR count). The van der Waals surface area contributed by atoms with Crippen molar-refractivity contribution in [3.8, 4) is 0 Å². The number of aliphatic hydroxyl groups is 1. The molecule has 0 unspecified atom stereocenters. The number of aliphatic hydroxyl groups excluding tert-OH is 1. The van der Waals surface area contributed by atoms with Gasteiger partial charge in [0.25, 0.3) is 0 Å². The highest BCUT2D eigenvalue weighted by atomic mass is 35.5. The van der Waals surface area contributed by atoms with E-state index in [1.807, 2.05) is 12.1 Å². The van der Waals surface area contributed by atoms with Crippen LogP contribution in [0.5, 0.6) is 0 Å². The molecule has 0 radical (unpaired) electrons. The summed E-state index contributed by atoms with van der Waals surface area (Å²) in [5.41, 5.74) is 2.41. The van der Waals surface area contributed by atoms with Gasteiger partial charge in [-0.25, -0.2) is 0 Å². The Labute approximate surface area is 125 Å². The molecule has 2 N–H and O–H groups in total. The van der Waals surface area contributed by atoms with Crippen molar-refractivity contribution in [3.63, 3.8) is 0 Å². The summed E-state index contributed by atoms with van der Waals surface area (Å²) < 4.78 is 5.04. The van der Waals surface area contributed by atoms with Crippen molar-refractivity contribution in [1.29, 1.82) is 0 Å². The Hall–Kier alpha value is -0.810. The van der Waals surface area contributed by atoms with Gasteiger partial charge in [-0.3, -0.25) is 0 Å². The number of hydrogen-bond donors (Lipinski definition) is 2. The zero-order valence-electron chi connectivity index (χ0n) is 11.9. The predicted molar refractivity (Wildman–Crippen MR) is 82.5 cm³/mol. The standard InChI is InChI=1S/C15H23ClN2O2/c1-20-9-6-17-11-12-10-13(16)2-3-15(12)18-7-4-14(19)5-8-18/h2-3,10,14,17,19H,4-9,11H2,1H3. The molecule has 0 aliphatic carbocycles. The van der Waals surface area contributed by atoms with Gasteiger partial charge in [0.2, 0.25) is 0 Å². The molecule has 1 aliphatic rings. The van der Waals surface area contributed by atoms with Gasteiger partial charge in [-0.2, -0.15) is 0 Å². The van der Waals surface area contributed by atoms with Gasteiger partial charge < -0.3 is 20.1 Å². The van der Waals surface area contributed by atoms with E-state index in [4.69, 9.17) is 16.3 Å². The van der Waals surface area contributed by atoms with E-state index >= 15 is 0 Å². The zero-order chi connectivity index (χ0) is 14.4. The van der Waals surface area contributed by atoms with Gasteiger partial charge in [0.15, 0.2) is 0 Å². The Morgan fingerprint density at radius 1 is 1.40 bits per heavy atom. The SMILES string of the molecule is COCCNCc1cc(Cl)ccc1N1CCC(O)CC1. The second-order valence-corrected chi connectivity index (χ2v) is 5.60. The van der Waals surface area contributed by atoms with Crippen molar-refractivity contribution in [2.45, 2.75) is 25.5 Å². The normalized spacial score (nSPS) is 16.6. The number of piperidine rings is 1. The number of anilines is 1. The number of halogens is 1. The highest BCUT2D eigenvalue weighted by Crippen LogP contribution is 2.27. The molecule has 1 saturated heterocycles. The van der Waals surface area contributed by atoms with E-state index in [1.54, 1.807) is 7.11 Å². The number of nitrogens with one attached hydrogen (secondary N) is 1. The lowest BCUT2D eigenvalue weighted by Gasteiger charge is -2.33. The van der Waals surface area contributed by atoms with Gasteiger partial charge in [0.05, 0.1) is 12.7 Å². The number of nitrogens with zero attached hydrogens (tertiary/aromatic N) is 1. The Kier molecular flexibility index (Phi) is 6.10. The first-order valence-electron chi connectivity index (χ1n) is 7.12. The highest BCUT2D eigenvalue weighted by molar-refractivity contribution is 6.30. The van der Waals surface area contributed by atoms with Crippen LogP contribution in [0, 0.1) is 0 Å². The summed E-state index contributed by atoms with van der Waals surface area (Å²) in [6, 6.07) is 6.02. The van der Waals surface area contributed by atoms with Crippen LogP contribution in [0.2, 0.25) is 5.02 Å². The quantitative estimate of drug-likeness (QED) is 0.789. The van der Waals surface area contributed by atoms with Gasteiger partial charge in [0, 0.05) is 44.0 Å². The second kappa shape index (κ2) is 7.84. The minimum Gasteiger partial charge on any atom is -0.393 e. The maximum atomic E-state index is 9.61. The molecule has 112 valence electrons. The van der Waals surface area contributed by atoms with E-state index in [9.17, 15) is 5.11 Å². The molecule has 0 bridgehead atoms. The first-order valence-corrected chi connectivity index (χ1v) is 7.49. The minimum atomic E-state index is -0.151. The summed E-state index contributed by atoms with van der Waals surface area (Å²) in [5, 5.41) is 13.7. The molecule has 0 saturated carbocycles. The largest absolute Gasteiger partial charge is 0.393 e. The average molecular weight is 299 g/mol. The van der Waals surface area contributed by atoms with E-state index < -0.39 is 0 Å². The maximum Gasteiger partial charge on any atom is 0.0587 e. The monoisotopic (exact) mass is 298 g/mol. The van der Waals surface area contributed by atoms with E-state index in [1.165, 1.54) is 11.3 Å². The number of methoxy groups -OCH3 is 1. The molecule has 1 heterocycles. The van der Waals surface area contributed by atoms with Crippen LogP contribution in [0.3, 0.4) is 0 Å². The van der Waals surface area contributed by atoms with Crippen molar-refractivity contribution in [2.24, 2.45) is 0 Å². The zero-order valence-corrected chi connectivity index (χ0v) is 12.7. The van der Waals surface area contributed by atoms with Gasteiger partial charge >= 0.3 is 0 Å². The van der Waals surface area contributed by atoms with Crippen LogP contribution in [-0.4, -0.2) is 44.6 Å². The number of hydrogen-bond acceptors (Lipinski definition) is 4. The molecular weight excluding hydrogens is 276 g/mol. The summed E-state index contributed by atoms with van der Waals surface area (Å²) in [7, 11) is 1.70. The van der Waals surface area contributed by atoms with Gasteiger partial charge in [0.1, 0.15) is 0 Å². The van der Waals surface area contributed by atoms with Crippen LogP contribution in [0.1, 0.15) is 18.4 Å². The maximum absolute atomic E-state index is 9.61.